The molecule has 1 fully saturated rings. The summed E-state index contributed by atoms with van der Waals surface area (Å²) >= 11 is 0. The van der Waals surface area contributed by atoms with Gasteiger partial charge in [0, 0.05) is 38.5 Å². The van der Waals surface area contributed by atoms with Gasteiger partial charge in [0.05, 0.1) is 12.7 Å². The highest BCUT2D eigenvalue weighted by atomic mass is 16.4. The number of hydrogen-bond donors (Lipinski definition) is 5. The molecule has 9 heteroatoms. The predicted molar refractivity (Wildman–Crippen MR) is 106 cm³/mol. The summed E-state index contributed by atoms with van der Waals surface area (Å²) in [5.41, 5.74) is 6.47. The van der Waals surface area contributed by atoms with E-state index in [4.69, 9.17) is 25.5 Å². The molecule has 0 bridgehead atoms. The molecule has 0 unspecified atom stereocenters. The molecule has 0 aliphatic carbocycles. The number of anilines is 1. The Bertz CT molecular complexity index is 593. The van der Waals surface area contributed by atoms with E-state index in [0.717, 1.165) is 51.8 Å². The van der Waals surface area contributed by atoms with E-state index in [1.807, 2.05) is 12.1 Å². The van der Waals surface area contributed by atoms with E-state index in [0.29, 0.717) is 12.4 Å². The summed E-state index contributed by atoms with van der Waals surface area (Å²) < 4.78 is 0. The molecule has 1 aromatic rings. The Morgan fingerprint density at radius 1 is 1.32 bits per heavy atom. The summed E-state index contributed by atoms with van der Waals surface area (Å²) in [6.45, 7) is 6.58. The lowest BCUT2D eigenvalue weighted by Crippen LogP contribution is -2.52. The van der Waals surface area contributed by atoms with E-state index in [9.17, 15) is 10.2 Å². The van der Waals surface area contributed by atoms with Crippen molar-refractivity contribution in [2.24, 2.45) is 5.41 Å². The predicted octanol–water partition coefficient (Wildman–Crippen LogP) is 1.19. The van der Waals surface area contributed by atoms with Gasteiger partial charge >= 0.3 is 0 Å². The summed E-state index contributed by atoms with van der Waals surface area (Å²) in [6.07, 6.45) is 3.93. The molecule has 9 nitrogen and oxygen atoms in total. The fourth-order valence-electron chi connectivity index (χ4n) is 3.12. The van der Waals surface area contributed by atoms with Crippen LogP contribution in [0.3, 0.4) is 0 Å². The Balaban J connectivity index is 0.000000776. The lowest BCUT2D eigenvalue weighted by atomic mass is 9.73. The van der Waals surface area contributed by atoms with Crippen LogP contribution in [0.4, 0.5) is 5.82 Å². The first kappa shape index (κ1) is 25.8. The molecule has 0 aromatic carbocycles. The number of aliphatic carboxylic acids is 2. The number of aliphatic hydroxyl groups is 2. The number of aliphatic hydroxyl groups excluding tert-OH is 2. The quantitative estimate of drug-likeness (QED) is 0.490. The van der Waals surface area contributed by atoms with Gasteiger partial charge in [-0.1, -0.05) is 13.3 Å². The number of nitrogen functional groups attached to an aromatic ring is 1. The van der Waals surface area contributed by atoms with Crippen LogP contribution in [-0.4, -0.2) is 68.0 Å². The molecule has 160 valence electrons. The van der Waals surface area contributed by atoms with Crippen LogP contribution in [0.15, 0.2) is 18.3 Å². The second kappa shape index (κ2) is 13.0. The number of β-amino-alcohol motifs (C(OH)–C–C–N with tert-alkyl or cyclic N) is 1. The Hall–Kier alpha value is -2.23. The molecule has 1 aromatic heterocycles. The number of carbonyl (C=O) groups is 2. The number of nitrogens with two attached hydrogens (primary N) is 1. The van der Waals surface area contributed by atoms with Crippen molar-refractivity contribution < 1.29 is 30.0 Å². The van der Waals surface area contributed by atoms with Gasteiger partial charge in [-0.3, -0.25) is 14.5 Å². The van der Waals surface area contributed by atoms with Gasteiger partial charge in [-0.25, -0.2) is 4.98 Å². The van der Waals surface area contributed by atoms with Crippen molar-refractivity contribution in [3.05, 3.63) is 23.9 Å². The van der Waals surface area contributed by atoms with Crippen molar-refractivity contribution in [1.82, 2.24) is 9.88 Å². The molecule has 1 saturated heterocycles. The summed E-state index contributed by atoms with van der Waals surface area (Å²) in [7, 11) is 0. The van der Waals surface area contributed by atoms with E-state index >= 15 is 0 Å². The second-order valence-electron chi connectivity index (χ2n) is 6.90. The molecule has 0 amide bonds. The van der Waals surface area contributed by atoms with Crippen LogP contribution in [0.25, 0.3) is 0 Å². The standard InChI is InChI=1S/C15H25N3O2.2C2H4O2/c1-2-4-15(11-19)5-7-18(10-13(15)20)9-12-3-6-17-14(16)8-12;2*1-2(3)4/h3,6,8,13,19-20H,2,4-5,7,9-11H2,1H3,(H2,16,17);2*1H3,(H,3,4)/t13-,15-;;/m1../s1. The first-order valence-corrected chi connectivity index (χ1v) is 9.17. The van der Waals surface area contributed by atoms with Crippen molar-refractivity contribution in [3.63, 3.8) is 0 Å². The molecule has 2 rings (SSSR count). The average Bonchev–Trinajstić information content (AvgIpc) is 2.57. The molecule has 1 aliphatic heterocycles. The van der Waals surface area contributed by atoms with Gasteiger partial charge in [-0.05, 0) is 37.1 Å². The Kier molecular flexibility index (Phi) is 12.0. The van der Waals surface area contributed by atoms with Gasteiger partial charge < -0.3 is 26.2 Å². The molecule has 0 radical (unpaired) electrons. The number of aromatic nitrogens is 1. The number of rotatable bonds is 5. The molecule has 6 N–H and O–H groups in total. The van der Waals surface area contributed by atoms with Crippen molar-refractivity contribution >= 4 is 17.8 Å². The zero-order chi connectivity index (χ0) is 21.7. The van der Waals surface area contributed by atoms with E-state index in [1.165, 1.54) is 0 Å². The van der Waals surface area contributed by atoms with Gasteiger partial charge in [-0.2, -0.15) is 0 Å². The van der Waals surface area contributed by atoms with Crippen molar-refractivity contribution in [1.29, 1.82) is 0 Å². The van der Waals surface area contributed by atoms with E-state index in [1.54, 1.807) is 6.20 Å². The third kappa shape index (κ3) is 10.2. The van der Waals surface area contributed by atoms with Crippen LogP contribution in [0.2, 0.25) is 0 Å². The Labute approximate surface area is 165 Å². The maximum Gasteiger partial charge on any atom is 0.300 e. The minimum atomic E-state index is -0.833. The zero-order valence-corrected chi connectivity index (χ0v) is 16.8. The maximum absolute atomic E-state index is 10.4. The van der Waals surface area contributed by atoms with E-state index < -0.39 is 18.0 Å². The molecular formula is C19H33N3O6. The van der Waals surface area contributed by atoms with Gasteiger partial charge in [0.15, 0.2) is 0 Å². The van der Waals surface area contributed by atoms with Crippen molar-refractivity contribution in [2.75, 3.05) is 25.4 Å². The maximum atomic E-state index is 10.4. The third-order valence-electron chi connectivity index (χ3n) is 4.38. The van der Waals surface area contributed by atoms with Gasteiger partial charge in [0.1, 0.15) is 5.82 Å². The number of pyridine rings is 1. The summed E-state index contributed by atoms with van der Waals surface area (Å²) in [4.78, 5) is 24.2. The van der Waals surface area contributed by atoms with E-state index in [2.05, 4.69) is 16.8 Å². The van der Waals surface area contributed by atoms with Crippen LogP contribution in [0, 0.1) is 5.41 Å². The first-order chi connectivity index (χ1) is 13.1. The Morgan fingerprint density at radius 2 is 1.89 bits per heavy atom. The summed E-state index contributed by atoms with van der Waals surface area (Å²) in [5.74, 6) is -1.14. The Morgan fingerprint density at radius 3 is 2.32 bits per heavy atom. The van der Waals surface area contributed by atoms with Gasteiger partial charge in [0.25, 0.3) is 11.9 Å². The van der Waals surface area contributed by atoms with E-state index in [-0.39, 0.29) is 12.0 Å². The largest absolute Gasteiger partial charge is 0.481 e. The summed E-state index contributed by atoms with van der Waals surface area (Å²) in [5, 5.41) is 34.9. The number of carboxylic acid groups (broad SMARTS) is 2. The lowest BCUT2D eigenvalue weighted by Gasteiger charge is -2.44. The van der Waals surface area contributed by atoms with Crippen molar-refractivity contribution in [3.8, 4) is 0 Å². The SMILES string of the molecule is CC(=O)O.CC(=O)O.CCC[C@]1(CO)CCN(Cc2ccnc(N)c2)C[C@H]1O. The number of carboxylic acids is 2. The highest BCUT2D eigenvalue weighted by molar-refractivity contribution is 5.63. The fourth-order valence-corrected chi connectivity index (χ4v) is 3.12. The average molecular weight is 399 g/mol. The zero-order valence-electron chi connectivity index (χ0n) is 16.8. The molecule has 0 saturated carbocycles. The number of hydrogen-bond acceptors (Lipinski definition) is 7. The molecule has 2 atom stereocenters. The lowest BCUT2D eigenvalue weighted by molar-refractivity contribution is -0.135. The smallest absolute Gasteiger partial charge is 0.300 e. The molecular weight excluding hydrogens is 366 g/mol. The highest BCUT2D eigenvalue weighted by Crippen LogP contribution is 2.36. The minimum absolute atomic E-state index is 0.0675. The summed E-state index contributed by atoms with van der Waals surface area (Å²) in [6, 6.07) is 3.81. The fraction of sp³-hybridized carbons (Fsp3) is 0.632. The second-order valence-corrected chi connectivity index (χ2v) is 6.90. The third-order valence-corrected chi connectivity index (χ3v) is 4.38. The number of nitrogens with zero attached hydrogens (tertiary/aromatic N) is 2. The number of piperidine rings is 1. The monoisotopic (exact) mass is 399 g/mol. The number of likely N-dealkylation sites (tertiary alicyclic amines) is 1. The van der Waals surface area contributed by atoms with Gasteiger partial charge in [0.2, 0.25) is 0 Å². The van der Waals surface area contributed by atoms with Crippen LogP contribution in [0.1, 0.15) is 45.6 Å². The topological polar surface area (TPSA) is 157 Å². The molecule has 2 heterocycles. The molecule has 28 heavy (non-hydrogen) atoms. The normalized spacial score (nSPS) is 21.5. The molecule has 0 spiro atoms. The molecule has 1 aliphatic rings. The van der Waals surface area contributed by atoms with Crippen LogP contribution >= 0.6 is 0 Å². The minimum Gasteiger partial charge on any atom is -0.481 e. The van der Waals surface area contributed by atoms with Crippen LogP contribution in [-0.2, 0) is 16.1 Å². The highest BCUT2D eigenvalue weighted by Gasteiger charge is 2.40. The van der Waals surface area contributed by atoms with Crippen LogP contribution in [0.5, 0.6) is 0 Å². The van der Waals surface area contributed by atoms with Crippen LogP contribution < -0.4 is 5.73 Å². The van der Waals surface area contributed by atoms with Gasteiger partial charge in [-0.15, -0.1) is 0 Å². The first-order valence-electron chi connectivity index (χ1n) is 9.17. The van der Waals surface area contributed by atoms with Crippen molar-refractivity contribution in [2.45, 2.75) is 52.7 Å².